The van der Waals surface area contributed by atoms with Gasteiger partial charge in [-0.1, -0.05) is 45.9 Å². The van der Waals surface area contributed by atoms with E-state index >= 15 is 0 Å². The standard InChI is InChI=1S/C22H32N2O5/c1-15(2)9-12-28-21(26)13-18-22(27)23-10-11-24(18)20(25)14-29-19-8-6-5-7-17(19)16(3)4/h5-8,15-16,18H,9-14H2,1-4H3,(H,23,27). The monoisotopic (exact) mass is 404 g/mol. The van der Waals surface area contributed by atoms with E-state index in [1.54, 1.807) is 0 Å². The molecule has 29 heavy (non-hydrogen) atoms. The number of esters is 1. The Morgan fingerprint density at radius 1 is 1.21 bits per heavy atom. The number of ether oxygens (including phenoxy) is 2. The second-order valence-corrected chi connectivity index (χ2v) is 7.98. The average molecular weight is 405 g/mol. The van der Waals surface area contributed by atoms with E-state index in [1.165, 1.54) is 4.90 Å². The van der Waals surface area contributed by atoms with Gasteiger partial charge in [-0.3, -0.25) is 14.4 Å². The first kappa shape index (κ1) is 22.7. The largest absolute Gasteiger partial charge is 0.483 e. The maximum atomic E-state index is 12.8. The van der Waals surface area contributed by atoms with Crippen molar-refractivity contribution in [2.24, 2.45) is 5.92 Å². The van der Waals surface area contributed by atoms with Crippen LogP contribution in [-0.2, 0) is 19.1 Å². The van der Waals surface area contributed by atoms with E-state index < -0.39 is 12.0 Å². The molecule has 1 aliphatic rings. The molecule has 1 unspecified atom stereocenters. The van der Waals surface area contributed by atoms with Crippen LogP contribution in [0.2, 0.25) is 0 Å². The van der Waals surface area contributed by atoms with Crippen LogP contribution in [-0.4, -0.2) is 55.0 Å². The Hall–Kier alpha value is -2.57. The van der Waals surface area contributed by atoms with Gasteiger partial charge < -0.3 is 19.7 Å². The topological polar surface area (TPSA) is 84.9 Å². The summed E-state index contributed by atoms with van der Waals surface area (Å²) in [6.07, 6.45) is 0.604. The number of carbonyl (C=O) groups excluding carboxylic acids is 3. The minimum Gasteiger partial charge on any atom is -0.483 e. The molecule has 7 heteroatoms. The van der Waals surface area contributed by atoms with Crippen LogP contribution >= 0.6 is 0 Å². The molecule has 1 atom stereocenters. The van der Waals surface area contributed by atoms with Gasteiger partial charge in [0.1, 0.15) is 11.8 Å². The number of amides is 2. The van der Waals surface area contributed by atoms with Crippen molar-refractivity contribution in [1.29, 1.82) is 0 Å². The third-order valence-electron chi connectivity index (χ3n) is 4.86. The van der Waals surface area contributed by atoms with E-state index in [-0.39, 0.29) is 30.8 Å². The molecular weight excluding hydrogens is 372 g/mol. The lowest BCUT2D eigenvalue weighted by Crippen LogP contribution is -2.58. The van der Waals surface area contributed by atoms with Gasteiger partial charge in [0.15, 0.2) is 6.61 Å². The van der Waals surface area contributed by atoms with E-state index in [9.17, 15) is 14.4 Å². The molecule has 1 aliphatic heterocycles. The Morgan fingerprint density at radius 2 is 1.93 bits per heavy atom. The SMILES string of the molecule is CC(C)CCOC(=O)CC1C(=O)NCCN1C(=O)COc1ccccc1C(C)C. The van der Waals surface area contributed by atoms with Gasteiger partial charge in [0.2, 0.25) is 5.91 Å². The number of nitrogens with one attached hydrogen (secondary N) is 1. The van der Waals surface area contributed by atoms with Crippen LogP contribution in [0.5, 0.6) is 5.75 Å². The summed E-state index contributed by atoms with van der Waals surface area (Å²) in [5.41, 5.74) is 1.02. The molecule has 0 saturated carbocycles. The molecule has 0 aliphatic carbocycles. The average Bonchev–Trinajstić information content (AvgIpc) is 2.67. The fourth-order valence-corrected chi connectivity index (χ4v) is 3.15. The van der Waals surface area contributed by atoms with Crippen molar-refractivity contribution in [3.63, 3.8) is 0 Å². The predicted molar refractivity (Wildman–Crippen MR) is 110 cm³/mol. The number of hydrogen-bond acceptors (Lipinski definition) is 5. The first-order chi connectivity index (χ1) is 13.8. The smallest absolute Gasteiger partial charge is 0.308 e. The van der Waals surface area contributed by atoms with E-state index in [1.807, 2.05) is 38.1 Å². The normalized spacial score (nSPS) is 16.7. The minimum atomic E-state index is -0.869. The molecule has 1 aromatic carbocycles. The van der Waals surface area contributed by atoms with Crippen LogP contribution in [0.15, 0.2) is 24.3 Å². The van der Waals surface area contributed by atoms with Crippen LogP contribution in [0.3, 0.4) is 0 Å². The summed E-state index contributed by atoms with van der Waals surface area (Å²) in [6.45, 7) is 9.01. The van der Waals surface area contributed by atoms with Crippen molar-refractivity contribution in [2.75, 3.05) is 26.3 Å². The molecular formula is C22H32N2O5. The van der Waals surface area contributed by atoms with Gasteiger partial charge in [0.05, 0.1) is 13.0 Å². The Bertz CT molecular complexity index is 717. The maximum Gasteiger partial charge on any atom is 0.308 e. The van der Waals surface area contributed by atoms with Crippen LogP contribution in [0.1, 0.15) is 52.0 Å². The third kappa shape index (κ3) is 6.76. The summed E-state index contributed by atoms with van der Waals surface area (Å²) in [5, 5.41) is 2.71. The summed E-state index contributed by atoms with van der Waals surface area (Å²) in [4.78, 5) is 38.6. The summed E-state index contributed by atoms with van der Waals surface area (Å²) in [7, 11) is 0. The molecule has 0 aromatic heterocycles. The zero-order chi connectivity index (χ0) is 21.4. The molecule has 0 bridgehead atoms. The summed E-state index contributed by atoms with van der Waals surface area (Å²) >= 11 is 0. The van der Waals surface area contributed by atoms with Crippen molar-refractivity contribution < 1.29 is 23.9 Å². The van der Waals surface area contributed by atoms with Crippen LogP contribution in [0.4, 0.5) is 0 Å². The predicted octanol–water partition coefficient (Wildman–Crippen LogP) is 2.50. The Balaban J connectivity index is 1.97. The molecule has 1 saturated heterocycles. The van der Waals surface area contributed by atoms with Crippen LogP contribution < -0.4 is 10.1 Å². The second-order valence-electron chi connectivity index (χ2n) is 7.98. The number of benzene rings is 1. The van der Waals surface area contributed by atoms with Gasteiger partial charge in [0.25, 0.3) is 5.91 Å². The quantitative estimate of drug-likeness (QED) is 0.639. The number of piperazine rings is 1. The highest BCUT2D eigenvalue weighted by atomic mass is 16.5. The lowest BCUT2D eigenvalue weighted by molar-refractivity contribution is -0.152. The summed E-state index contributed by atoms with van der Waals surface area (Å²) in [6, 6.07) is 6.71. The molecule has 1 N–H and O–H groups in total. The highest BCUT2D eigenvalue weighted by Crippen LogP contribution is 2.26. The van der Waals surface area contributed by atoms with Crippen LogP contribution in [0, 0.1) is 5.92 Å². The molecule has 160 valence electrons. The third-order valence-corrected chi connectivity index (χ3v) is 4.86. The molecule has 2 rings (SSSR count). The zero-order valence-corrected chi connectivity index (χ0v) is 17.8. The fourth-order valence-electron chi connectivity index (χ4n) is 3.15. The summed E-state index contributed by atoms with van der Waals surface area (Å²) in [5.74, 6) is 0.199. The molecule has 2 amide bonds. The van der Waals surface area contributed by atoms with Gasteiger partial charge in [-0.15, -0.1) is 0 Å². The van der Waals surface area contributed by atoms with E-state index in [0.29, 0.717) is 31.4 Å². The molecule has 7 nitrogen and oxygen atoms in total. The Labute approximate surface area is 172 Å². The number of carbonyl (C=O) groups is 3. The number of nitrogens with zero attached hydrogens (tertiary/aromatic N) is 1. The lowest BCUT2D eigenvalue weighted by Gasteiger charge is -2.34. The molecule has 1 aromatic rings. The zero-order valence-electron chi connectivity index (χ0n) is 17.8. The highest BCUT2D eigenvalue weighted by molar-refractivity contribution is 5.92. The van der Waals surface area contributed by atoms with Crippen molar-refractivity contribution >= 4 is 17.8 Å². The number of hydrogen-bond donors (Lipinski definition) is 1. The van der Waals surface area contributed by atoms with Crippen molar-refractivity contribution in [3.05, 3.63) is 29.8 Å². The van der Waals surface area contributed by atoms with Gasteiger partial charge in [-0.25, -0.2) is 0 Å². The molecule has 1 heterocycles. The van der Waals surface area contributed by atoms with Crippen molar-refractivity contribution in [3.8, 4) is 5.75 Å². The maximum absolute atomic E-state index is 12.8. The number of rotatable bonds is 9. The van der Waals surface area contributed by atoms with Crippen molar-refractivity contribution in [2.45, 2.75) is 52.5 Å². The second kappa shape index (κ2) is 10.8. The fraction of sp³-hybridized carbons (Fsp3) is 0.591. The molecule has 1 fully saturated rings. The Morgan fingerprint density at radius 3 is 2.62 bits per heavy atom. The lowest BCUT2D eigenvalue weighted by atomic mass is 10.0. The Kier molecular flexibility index (Phi) is 8.49. The van der Waals surface area contributed by atoms with E-state index in [4.69, 9.17) is 9.47 Å². The first-order valence-corrected chi connectivity index (χ1v) is 10.2. The van der Waals surface area contributed by atoms with E-state index in [2.05, 4.69) is 19.2 Å². The highest BCUT2D eigenvalue weighted by Gasteiger charge is 2.35. The first-order valence-electron chi connectivity index (χ1n) is 10.2. The summed E-state index contributed by atoms with van der Waals surface area (Å²) < 4.78 is 11.0. The van der Waals surface area contributed by atoms with Gasteiger partial charge in [-0.2, -0.15) is 0 Å². The molecule has 0 radical (unpaired) electrons. The minimum absolute atomic E-state index is 0.155. The van der Waals surface area contributed by atoms with Crippen LogP contribution in [0.25, 0.3) is 0 Å². The van der Waals surface area contributed by atoms with Crippen molar-refractivity contribution in [1.82, 2.24) is 10.2 Å². The van der Waals surface area contributed by atoms with Gasteiger partial charge in [-0.05, 0) is 29.9 Å². The van der Waals surface area contributed by atoms with Gasteiger partial charge >= 0.3 is 5.97 Å². The number of para-hydroxylation sites is 1. The van der Waals surface area contributed by atoms with Gasteiger partial charge in [0, 0.05) is 13.1 Å². The van der Waals surface area contributed by atoms with E-state index in [0.717, 1.165) is 12.0 Å². The molecule has 0 spiro atoms.